The van der Waals surface area contributed by atoms with E-state index >= 15 is 0 Å². The topological polar surface area (TPSA) is 122 Å². The Morgan fingerprint density at radius 1 is 1.15 bits per heavy atom. The fourth-order valence-electron chi connectivity index (χ4n) is 6.44. The zero-order chi connectivity index (χ0) is 23.6. The van der Waals surface area contributed by atoms with Crippen molar-refractivity contribution in [3.63, 3.8) is 0 Å². The molecule has 0 radical (unpaired) electrons. The number of nitrogens with zero attached hydrogens (tertiary/aromatic N) is 1. The molecule has 2 aliphatic carbocycles. The van der Waals surface area contributed by atoms with Gasteiger partial charge in [-0.3, -0.25) is 4.72 Å². The molecule has 2 aromatic carbocycles. The van der Waals surface area contributed by atoms with Crippen LogP contribution in [-0.4, -0.2) is 24.7 Å². The van der Waals surface area contributed by atoms with E-state index in [1.54, 1.807) is 43.3 Å². The number of rotatable bonds is 5. The summed E-state index contributed by atoms with van der Waals surface area (Å²) >= 11 is 0. The number of sulfonamides is 1. The van der Waals surface area contributed by atoms with Gasteiger partial charge >= 0.3 is 5.97 Å². The summed E-state index contributed by atoms with van der Waals surface area (Å²) in [6.07, 6.45) is 3.42. The van der Waals surface area contributed by atoms with Crippen LogP contribution >= 0.6 is 0 Å². The molecule has 0 unspecified atom stereocenters. The lowest BCUT2D eigenvalue weighted by molar-refractivity contribution is 0.0696. The second-order valence-electron chi connectivity index (χ2n) is 9.67. The Balaban J connectivity index is 1.39. The number of anilines is 2. The molecular formula is C25H25N3O5S. The third kappa shape index (κ3) is 3.37. The first kappa shape index (κ1) is 21.2. The summed E-state index contributed by atoms with van der Waals surface area (Å²) in [5.74, 6) is 1.31. The molecule has 9 heteroatoms. The Bertz CT molecular complexity index is 1400. The Morgan fingerprint density at radius 3 is 2.74 bits per heavy atom. The van der Waals surface area contributed by atoms with Crippen LogP contribution in [0.1, 0.15) is 58.5 Å². The van der Waals surface area contributed by atoms with Crippen molar-refractivity contribution in [1.82, 2.24) is 5.16 Å². The molecule has 3 aliphatic rings. The highest BCUT2D eigenvalue weighted by atomic mass is 32.2. The Hall–Kier alpha value is -3.33. The Kier molecular flexibility index (Phi) is 4.74. The van der Waals surface area contributed by atoms with Gasteiger partial charge in [0.2, 0.25) is 0 Å². The minimum atomic E-state index is -3.82. The molecule has 8 nitrogen and oxygen atoms in total. The number of nitrogens with one attached hydrogen (secondary N) is 2. The number of aromatic nitrogens is 1. The largest absolute Gasteiger partial charge is 0.478 e. The highest BCUT2D eigenvalue weighted by Crippen LogP contribution is 2.63. The number of hydrogen-bond donors (Lipinski definition) is 3. The number of aromatic carboxylic acids is 1. The van der Waals surface area contributed by atoms with E-state index in [-0.39, 0.29) is 28.2 Å². The van der Waals surface area contributed by atoms with Gasteiger partial charge in [0.05, 0.1) is 16.5 Å². The quantitative estimate of drug-likeness (QED) is 0.481. The third-order valence-corrected chi connectivity index (χ3v) is 9.08. The lowest BCUT2D eigenvalue weighted by Crippen LogP contribution is -2.35. The highest BCUT2D eigenvalue weighted by Gasteiger charge is 2.54. The summed E-state index contributed by atoms with van der Waals surface area (Å²) in [7, 11) is -3.82. The van der Waals surface area contributed by atoms with Crippen LogP contribution in [0.15, 0.2) is 57.9 Å². The van der Waals surface area contributed by atoms with Gasteiger partial charge in [0.15, 0.2) is 5.82 Å². The lowest BCUT2D eigenvalue weighted by Gasteiger charge is -2.43. The first-order valence-corrected chi connectivity index (χ1v) is 13.0. The fraction of sp³-hybridized carbons (Fsp3) is 0.360. The molecule has 6 rings (SSSR count). The molecule has 2 heterocycles. The van der Waals surface area contributed by atoms with Gasteiger partial charge in [0.1, 0.15) is 5.76 Å². The van der Waals surface area contributed by atoms with Crippen molar-refractivity contribution in [1.29, 1.82) is 0 Å². The van der Waals surface area contributed by atoms with Crippen LogP contribution < -0.4 is 10.0 Å². The van der Waals surface area contributed by atoms with Gasteiger partial charge in [-0.15, -0.1) is 0 Å². The zero-order valence-corrected chi connectivity index (χ0v) is 19.4. The van der Waals surface area contributed by atoms with Gasteiger partial charge in [-0.05, 0) is 91.3 Å². The fourth-order valence-corrected chi connectivity index (χ4v) is 7.46. The molecule has 5 atom stereocenters. The minimum absolute atomic E-state index is 0.00853. The first-order chi connectivity index (χ1) is 16.3. The van der Waals surface area contributed by atoms with E-state index in [4.69, 9.17) is 4.52 Å². The Labute approximate surface area is 197 Å². The van der Waals surface area contributed by atoms with Crippen molar-refractivity contribution in [3.8, 4) is 0 Å². The molecule has 0 amide bonds. The molecule has 3 N–H and O–H groups in total. The smallest absolute Gasteiger partial charge is 0.335 e. The maximum absolute atomic E-state index is 13.1. The van der Waals surface area contributed by atoms with E-state index in [9.17, 15) is 18.3 Å². The summed E-state index contributed by atoms with van der Waals surface area (Å²) in [6.45, 7) is 1.70. The van der Waals surface area contributed by atoms with Crippen LogP contribution in [0, 0.1) is 24.7 Å². The molecule has 0 saturated heterocycles. The molecule has 2 fully saturated rings. The van der Waals surface area contributed by atoms with E-state index in [0.29, 0.717) is 23.5 Å². The normalized spacial score (nSPS) is 27.0. The van der Waals surface area contributed by atoms with E-state index in [1.165, 1.54) is 0 Å². The maximum Gasteiger partial charge on any atom is 0.335 e. The van der Waals surface area contributed by atoms with Crippen molar-refractivity contribution in [2.24, 2.45) is 17.8 Å². The van der Waals surface area contributed by atoms with Gasteiger partial charge in [-0.25, -0.2) is 13.2 Å². The van der Waals surface area contributed by atoms with Crippen molar-refractivity contribution in [3.05, 3.63) is 71.0 Å². The van der Waals surface area contributed by atoms with Crippen molar-refractivity contribution >= 4 is 27.5 Å². The molecule has 1 aromatic heterocycles. The average Bonchev–Trinajstić information content (AvgIpc) is 3.55. The molecule has 34 heavy (non-hydrogen) atoms. The number of carboxylic acids is 1. The van der Waals surface area contributed by atoms with Crippen molar-refractivity contribution in [2.75, 3.05) is 10.0 Å². The van der Waals surface area contributed by atoms with Crippen molar-refractivity contribution < 1.29 is 22.8 Å². The summed E-state index contributed by atoms with van der Waals surface area (Å²) < 4.78 is 33.6. The van der Waals surface area contributed by atoms with E-state index in [0.717, 1.165) is 36.1 Å². The number of aryl methyl sites for hydroxylation is 1. The predicted molar refractivity (Wildman–Crippen MR) is 125 cm³/mol. The average molecular weight is 480 g/mol. The standard InChI is InChI=1S/C25H25N3O5S/c1-13-9-21(27-33-13)28-34(31,32)18-7-8-20-19(12-18)22-14-5-6-15(10-14)23(22)24(26-20)16-3-2-4-17(11-16)25(29)30/h2-4,7-9,11-12,14-15,22-24,26H,5-6,10H2,1H3,(H,27,28)(H,29,30)/t14-,15-,22-,23-,24-/m0/s1. The number of hydrogen-bond acceptors (Lipinski definition) is 6. The highest BCUT2D eigenvalue weighted by molar-refractivity contribution is 7.92. The molecule has 0 spiro atoms. The second kappa shape index (κ2) is 7.59. The van der Waals surface area contributed by atoms with Crippen LogP contribution in [-0.2, 0) is 10.0 Å². The van der Waals surface area contributed by atoms with E-state index in [2.05, 4.69) is 15.2 Å². The minimum Gasteiger partial charge on any atom is -0.478 e. The van der Waals surface area contributed by atoms with Crippen molar-refractivity contribution in [2.45, 2.75) is 43.0 Å². The van der Waals surface area contributed by atoms with Crippen LogP contribution in [0.25, 0.3) is 0 Å². The molecule has 2 bridgehead atoms. The molecular weight excluding hydrogens is 454 g/mol. The molecule has 3 aromatic rings. The van der Waals surface area contributed by atoms with Crippen LogP contribution in [0.4, 0.5) is 11.5 Å². The monoisotopic (exact) mass is 479 g/mol. The van der Waals surface area contributed by atoms with Crippen LogP contribution in [0.3, 0.4) is 0 Å². The molecule has 176 valence electrons. The van der Waals surface area contributed by atoms with Crippen LogP contribution in [0.2, 0.25) is 0 Å². The Morgan fingerprint density at radius 2 is 1.97 bits per heavy atom. The van der Waals surface area contributed by atoms with Gasteiger partial charge in [0.25, 0.3) is 10.0 Å². The lowest BCUT2D eigenvalue weighted by atomic mass is 9.68. The van der Waals surface area contributed by atoms with E-state index in [1.807, 2.05) is 12.1 Å². The number of carboxylic acid groups (broad SMARTS) is 1. The molecule has 1 aliphatic heterocycles. The van der Waals surface area contributed by atoms with E-state index < -0.39 is 16.0 Å². The van der Waals surface area contributed by atoms with Gasteiger partial charge in [-0.1, -0.05) is 17.3 Å². The SMILES string of the molecule is Cc1cc(NS(=O)(=O)c2ccc3c(c2)[C@@H]2[C@H]4CC[C@@H](C4)[C@@H]2[C@H](c2cccc(C(=O)O)c2)N3)no1. The number of fused-ring (bicyclic) bond motifs is 7. The predicted octanol–water partition coefficient (Wildman–Crippen LogP) is 4.78. The number of carbonyl (C=O) groups is 1. The third-order valence-electron chi connectivity index (χ3n) is 7.73. The van der Waals surface area contributed by atoms with Crippen LogP contribution in [0.5, 0.6) is 0 Å². The summed E-state index contributed by atoms with van der Waals surface area (Å²) in [6, 6.07) is 13.9. The van der Waals surface area contributed by atoms with Gasteiger partial charge in [0, 0.05) is 11.8 Å². The van der Waals surface area contributed by atoms with Gasteiger partial charge < -0.3 is 14.9 Å². The zero-order valence-electron chi connectivity index (χ0n) is 18.6. The first-order valence-electron chi connectivity index (χ1n) is 11.5. The maximum atomic E-state index is 13.1. The van der Waals surface area contributed by atoms with Gasteiger partial charge in [-0.2, -0.15) is 0 Å². The summed E-state index contributed by atoms with van der Waals surface area (Å²) in [4.78, 5) is 11.8. The summed E-state index contributed by atoms with van der Waals surface area (Å²) in [5.41, 5.74) is 3.19. The second-order valence-corrected chi connectivity index (χ2v) is 11.3. The molecule has 2 saturated carbocycles. The summed E-state index contributed by atoms with van der Waals surface area (Å²) in [5, 5.41) is 16.9. The number of benzene rings is 2.